The number of aliphatic hydroxyl groups excluding tert-OH is 1. The van der Waals surface area contributed by atoms with Crippen LogP contribution >= 0.6 is 11.3 Å². The number of anilines is 1. The van der Waals surface area contributed by atoms with Gasteiger partial charge in [0.05, 0.1) is 28.4 Å². The second-order valence-electron chi connectivity index (χ2n) is 9.87. The van der Waals surface area contributed by atoms with Crippen LogP contribution in [0.2, 0.25) is 0 Å². The molecule has 4 aromatic rings. The van der Waals surface area contributed by atoms with E-state index < -0.39 is 17.7 Å². The lowest BCUT2D eigenvalue weighted by Gasteiger charge is -2.23. The van der Waals surface area contributed by atoms with Gasteiger partial charge in [-0.15, -0.1) is 0 Å². The Morgan fingerprint density at radius 1 is 1.08 bits per heavy atom. The predicted molar refractivity (Wildman–Crippen MR) is 152 cm³/mol. The lowest BCUT2D eigenvalue weighted by atomic mass is 9.94. The molecular formula is C31H30N2O4S. The number of aryl methyl sites for hydroxylation is 2. The van der Waals surface area contributed by atoms with Crippen molar-refractivity contribution in [2.45, 2.75) is 46.6 Å². The molecule has 0 saturated carbocycles. The number of fused-ring (bicyclic) bond motifs is 1. The van der Waals surface area contributed by atoms with E-state index >= 15 is 0 Å². The molecule has 38 heavy (non-hydrogen) atoms. The predicted octanol–water partition coefficient (Wildman–Crippen LogP) is 7.06. The first kappa shape index (κ1) is 25.7. The van der Waals surface area contributed by atoms with Gasteiger partial charge in [-0.1, -0.05) is 61.1 Å². The van der Waals surface area contributed by atoms with Crippen LogP contribution in [-0.4, -0.2) is 28.4 Å². The highest BCUT2D eigenvalue weighted by Gasteiger charge is 2.48. The first-order chi connectivity index (χ1) is 18.2. The standard InChI is InChI=1S/C31H30N2O4S/c1-6-37-24-13-11-22(15-19(24)5)28(34)26-27(21-9-7-8-18(4)14-21)33(30(36)29(26)35)31-32-23-12-10-20(17(2)3)16-25(23)38-31/h7-17,27,34H,6H2,1-5H3/b28-26+. The van der Waals surface area contributed by atoms with Crippen LogP contribution < -0.4 is 9.64 Å². The highest BCUT2D eigenvalue weighted by Crippen LogP contribution is 2.45. The Bertz CT molecular complexity index is 1600. The Morgan fingerprint density at radius 3 is 2.55 bits per heavy atom. The first-order valence-electron chi connectivity index (χ1n) is 12.7. The summed E-state index contributed by atoms with van der Waals surface area (Å²) < 4.78 is 6.57. The minimum absolute atomic E-state index is 0.0475. The molecule has 1 aliphatic rings. The van der Waals surface area contributed by atoms with E-state index in [1.54, 1.807) is 18.2 Å². The van der Waals surface area contributed by atoms with Crippen molar-refractivity contribution >= 4 is 44.1 Å². The lowest BCUT2D eigenvalue weighted by Crippen LogP contribution is -2.29. The van der Waals surface area contributed by atoms with Crippen molar-refractivity contribution in [1.82, 2.24) is 4.98 Å². The summed E-state index contributed by atoms with van der Waals surface area (Å²) in [6, 6.07) is 18.2. The smallest absolute Gasteiger partial charge is 0.301 e. The fourth-order valence-electron chi connectivity index (χ4n) is 4.85. The largest absolute Gasteiger partial charge is 0.507 e. The molecule has 2 heterocycles. The van der Waals surface area contributed by atoms with Crippen molar-refractivity contribution in [3.05, 3.63) is 94.1 Å². The highest BCUT2D eigenvalue weighted by molar-refractivity contribution is 7.22. The molecule has 1 saturated heterocycles. The summed E-state index contributed by atoms with van der Waals surface area (Å²) in [6.45, 7) is 10.5. The molecule has 1 atom stereocenters. The SMILES string of the molecule is CCOc1ccc(/C(O)=C2\C(=O)C(=O)N(c3nc4ccc(C(C)C)cc4s3)C2c2cccc(C)c2)cc1C. The van der Waals surface area contributed by atoms with Gasteiger partial charge in [0, 0.05) is 5.56 Å². The van der Waals surface area contributed by atoms with Gasteiger partial charge < -0.3 is 9.84 Å². The molecule has 1 aromatic heterocycles. The van der Waals surface area contributed by atoms with E-state index in [9.17, 15) is 14.7 Å². The van der Waals surface area contributed by atoms with Gasteiger partial charge in [0.15, 0.2) is 5.13 Å². The molecule has 7 heteroatoms. The summed E-state index contributed by atoms with van der Waals surface area (Å²) in [5, 5.41) is 11.9. The molecular weight excluding hydrogens is 496 g/mol. The van der Waals surface area contributed by atoms with Gasteiger partial charge in [0.25, 0.3) is 5.78 Å². The van der Waals surface area contributed by atoms with Crippen molar-refractivity contribution in [1.29, 1.82) is 0 Å². The Hall–Kier alpha value is -3.97. The maximum absolute atomic E-state index is 13.6. The van der Waals surface area contributed by atoms with Crippen LogP contribution in [0.5, 0.6) is 5.75 Å². The minimum Gasteiger partial charge on any atom is -0.507 e. The number of ether oxygens (including phenoxy) is 1. The third kappa shape index (κ3) is 4.47. The van der Waals surface area contributed by atoms with Crippen molar-refractivity contribution in [3.63, 3.8) is 0 Å². The molecule has 1 aliphatic heterocycles. The number of carbonyl (C=O) groups is 2. The Kier molecular flexibility index (Phi) is 6.80. The highest BCUT2D eigenvalue weighted by atomic mass is 32.1. The zero-order valence-corrected chi connectivity index (χ0v) is 22.9. The zero-order chi connectivity index (χ0) is 27.1. The van der Waals surface area contributed by atoms with Gasteiger partial charge in [0.2, 0.25) is 0 Å². The topological polar surface area (TPSA) is 79.7 Å². The summed E-state index contributed by atoms with van der Waals surface area (Å²) in [6.07, 6.45) is 0. The van der Waals surface area contributed by atoms with Crippen LogP contribution in [-0.2, 0) is 9.59 Å². The fraction of sp³-hybridized carbons (Fsp3) is 0.258. The summed E-state index contributed by atoms with van der Waals surface area (Å²) >= 11 is 1.37. The van der Waals surface area contributed by atoms with E-state index in [-0.39, 0.29) is 11.3 Å². The van der Waals surface area contributed by atoms with E-state index in [2.05, 4.69) is 19.9 Å². The van der Waals surface area contributed by atoms with Gasteiger partial charge in [-0.25, -0.2) is 4.98 Å². The second-order valence-corrected chi connectivity index (χ2v) is 10.9. The summed E-state index contributed by atoms with van der Waals surface area (Å²) in [4.78, 5) is 33.3. The molecule has 0 spiro atoms. The summed E-state index contributed by atoms with van der Waals surface area (Å²) in [5.74, 6) is -0.600. The molecule has 194 valence electrons. The normalized spacial score (nSPS) is 17.1. The Balaban J connectivity index is 1.69. The van der Waals surface area contributed by atoms with Crippen LogP contribution in [0, 0.1) is 13.8 Å². The number of nitrogens with zero attached hydrogens (tertiary/aromatic N) is 2. The lowest BCUT2D eigenvalue weighted by molar-refractivity contribution is -0.132. The third-order valence-corrected chi connectivity index (χ3v) is 7.84. The maximum Gasteiger partial charge on any atom is 0.301 e. The van der Waals surface area contributed by atoms with Gasteiger partial charge in [-0.2, -0.15) is 0 Å². The average molecular weight is 527 g/mol. The molecule has 3 aromatic carbocycles. The number of thiazole rings is 1. The van der Waals surface area contributed by atoms with Crippen LogP contribution in [0.3, 0.4) is 0 Å². The van der Waals surface area contributed by atoms with E-state index in [4.69, 9.17) is 9.72 Å². The first-order valence-corrected chi connectivity index (χ1v) is 13.5. The maximum atomic E-state index is 13.6. The molecule has 5 rings (SSSR count). The van der Waals surface area contributed by atoms with Crippen molar-refractivity contribution in [2.75, 3.05) is 11.5 Å². The van der Waals surface area contributed by atoms with Crippen molar-refractivity contribution in [2.24, 2.45) is 0 Å². The molecule has 0 bridgehead atoms. The summed E-state index contributed by atoms with van der Waals surface area (Å²) in [5.41, 5.74) is 4.98. The number of aliphatic hydroxyl groups is 1. The second kappa shape index (κ2) is 10.1. The molecule has 1 N–H and O–H groups in total. The molecule has 0 radical (unpaired) electrons. The van der Waals surface area contributed by atoms with Gasteiger partial charge >= 0.3 is 5.91 Å². The summed E-state index contributed by atoms with van der Waals surface area (Å²) in [7, 11) is 0. The Labute approximate surface area is 226 Å². The Morgan fingerprint density at radius 2 is 1.87 bits per heavy atom. The number of aromatic nitrogens is 1. The van der Waals surface area contributed by atoms with E-state index in [0.29, 0.717) is 29.0 Å². The molecule has 0 aliphatic carbocycles. The van der Waals surface area contributed by atoms with Gasteiger partial charge in [0.1, 0.15) is 11.5 Å². The van der Waals surface area contributed by atoms with Crippen LogP contribution in [0.25, 0.3) is 16.0 Å². The number of Topliss-reactive ketones (excluding diaryl/α,β-unsaturated/α-hetero) is 1. The molecule has 6 nitrogen and oxygen atoms in total. The van der Waals surface area contributed by atoms with Crippen LogP contribution in [0.1, 0.15) is 60.5 Å². The van der Waals surface area contributed by atoms with Gasteiger partial charge in [-0.3, -0.25) is 14.5 Å². The van der Waals surface area contributed by atoms with Crippen molar-refractivity contribution in [3.8, 4) is 5.75 Å². The van der Waals surface area contributed by atoms with Crippen molar-refractivity contribution < 1.29 is 19.4 Å². The quantitative estimate of drug-likeness (QED) is 0.165. The van der Waals surface area contributed by atoms with Gasteiger partial charge in [-0.05, 0) is 73.7 Å². The average Bonchev–Trinajstić information content (AvgIpc) is 3.42. The number of amides is 1. The number of ketones is 1. The molecule has 1 fully saturated rings. The monoisotopic (exact) mass is 526 g/mol. The molecule has 1 unspecified atom stereocenters. The van der Waals surface area contributed by atoms with E-state index in [1.165, 1.54) is 21.8 Å². The van der Waals surface area contributed by atoms with Crippen LogP contribution in [0.4, 0.5) is 5.13 Å². The number of hydrogen-bond acceptors (Lipinski definition) is 6. The zero-order valence-electron chi connectivity index (χ0n) is 22.1. The third-order valence-electron chi connectivity index (χ3n) is 6.82. The number of hydrogen-bond donors (Lipinski definition) is 1. The fourth-order valence-corrected chi connectivity index (χ4v) is 5.89. The number of carbonyl (C=O) groups excluding carboxylic acids is 2. The van der Waals surface area contributed by atoms with E-state index in [1.807, 2.05) is 57.2 Å². The number of benzene rings is 3. The van der Waals surface area contributed by atoms with Crippen LogP contribution in [0.15, 0.2) is 66.2 Å². The minimum atomic E-state index is -0.813. The number of rotatable bonds is 6. The van der Waals surface area contributed by atoms with E-state index in [0.717, 1.165) is 26.9 Å². The molecule has 1 amide bonds.